The molecule has 0 aliphatic heterocycles. The van der Waals surface area contributed by atoms with E-state index in [0.29, 0.717) is 18.1 Å². The summed E-state index contributed by atoms with van der Waals surface area (Å²) < 4.78 is 10.5. The number of aromatic nitrogens is 2. The number of hydrogen-bond acceptors (Lipinski definition) is 6. The number of methoxy groups -OCH3 is 1. The second-order valence-corrected chi connectivity index (χ2v) is 5.15. The van der Waals surface area contributed by atoms with E-state index < -0.39 is 11.6 Å². The van der Waals surface area contributed by atoms with Crippen molar-refractivity contribution in [3.8, 4) is 5.75 Å². The van der Waals surface area contributed by atoms with Crippen molar-refractivity contribution in [2.45, 2.75) is 31.9 Å². The predicted octanol–water partition coefficient (Wildman–Crippen LogP) is 1.90. The maximum Gasteiger partial charge on any atom is 0.244 e. The molecule has 6 nitrogen and oxygen atoms in total. The highest BCUT2D eigenvalue weighted by atomic mass is 16.5. The van der Waals surface area contributed by atoms with Gasteiger partial charge < -0.3 is 20.1 Å². The first-order chi connectivity index (χ1) is 9.42. The van der Waals surface area contributed by atoms with Gasteiger partial charge in [-0.3, -0.25) is 0 Å². The lowest BCUT2D eigenvalue weighted by Crippen LogP contribution is -2.21. The number of phenolic OH excluding ortho intramolecular Hbond substituents is 1. The van der Waals surface area contributed by atoms with Gasteiger partial charge in [0.2, 0.25) is 11.7 Å². The van der Waals surface area contributed by atoms with Crippen LogP contribution < -0.4 is 5.73 Å². The molecule has 1 heterocycles. The zero-order valence-electron chi connectivity index (χ0n) is 11.8. The fourth-order valence-electron chi connectivity index (χ4n) is 1.69. The molecule has 0 bridgehead atoms. The Bertz CT molecular complexity index is 563. The smallest absolute Gasteiger partial charge is 0.244 e. The lowest BCUT2D eigenvalue weighted by molar-refractivity contribution is 0.00973. The maximum atomic E-state index is 9.24. The van der Waals surface area contributed by atoms with Crippen molar-refractivity contribution < 1.29 is 14.4 Å². The monoisotopic (exact) mass is 277 g/mol. The van der Waals surface area contributed by atoms with Gasteiger partial charge in [0.25, 0.3) is 0 Å². The van der Waals surface area contributed by atoms with Crippen molar-refractivity contribution >= 4 is 0 Å². The summed E-state index contributed by atoms with van der Waals surface area (Å²) in [5.41, 5.74) is 6.44. The standard InChI is InChI=1S/C14H19N3O3/c1-14(2,19-3)13-16-12(20-17-13)11(15)8-9-4-6-10(18)7-5-9/h4-7,11,18H,8,15H2,1-3H3/t11-/m0/s1. The van der Waals surface area contributed by atoms with Crippen molar-refractivity contribution in [3.63, 3.8) is 0 Å². The molecular weight excluding hydrogens is 258 g/mol. The average molecular weight is 277 g/mol. The fourth-order valence-corrected chi connectivity index (χ4v) is 1.69. The van der Waals surface area contributed by atoms with Crippen molar-refractivity contribution in [2.75, 3.05) is 7.11 Å². The number of ether oxygens (including phenoxy) is 1. The Hall–Kier alpha value is -1.92. The van der Waals surface area contributed by atoms with E-state index in [4.69, 9.17) is 15.0 Å². The Morgan fingerprint density at radius 1 is 1.35 bits per heavy atom. The van der Waals surface area contributed by atoms with E-state index in [1.807, 2.05) is 26.0 Å². The van der Waals surface area contributed by atoms with E-state index in [0.717, 1.165) is 5.56 Å². The van der Waals surface area contributed by atoms with Crippen LogP contribution in [0.25, 0.3) is 0 Å². The largest absolute Gasteiger partial charge is 0.508 e. The zero-order chi connectivity index (χ0) is 14.8. The second-order valence-electron chi connectivity index (χ2n) is 5.15. The number of rotatable bonds is 5. The third-order valence-corrected chi connectivity index (χ3v) is 3.20. The van der Waals surface area contributed by atoms with E-state index in [1.54, 1.807) is 19.2 Å². The van der Waals surface area contributed by atoms with Crippen LogP contribution in [0.1, 0.15) is 37.2 Å². The molecule has 0 saturated heterocycles. The summed E-state index contributed by atoms with van der Waals surface area (Å²) in [6.07, 6.45) is 0.551. The lowest BCUT2D eigenvalue weighted by atomic mass is 10.1. The first-order valence-corrected chi connectivity index (χ1v) is 6.35. The summed E-state index contributed by atoms with van der Waals surface area (Å²) in [6.45, 7) is 3.71. The van der Waals surface area contributed by atoms with Gasteiger partial charge in [0.05, 0.1) is 6.04 Å². The molecule has 1 atom stereocenters. The van der Waals surface area contributed by atoms with Gasteiger partial charge in [-0.25, -0.2) is 0 Å². The third-order valence-electron chi connectivity index (χ3n) is 3.20. The van der Waals surface area contributed by atoms with Crippen molar-refractivity contribution in [1.29, 1.82) is 0 Å². The Morgan fingerprint density at radius 2 is 2.00 bits per heavy atom. The minimum absolute atomic E-state index is 0.226. The lowest BCUT2D eigenvalue weighted by Gasteiger charge is -2.17. The van der Waals surface area contributed by atoms with Crippen LogP contribution in [0, 0.1) is 0 Å². The van der Waals surface area contributed by atoms with Gasteiger partial charge in [-0.1, -0.05) is 17.3 Å². The number of phenols is 1. The van der Waals surface area contributed by atoms with Gasteiger partial charge in [0, 0.05) is 7.11 Å². The number of hydrogen-bond donors (Lipinski definition) is 2. The molecular formula is C14H19N3O3. The molecule has 0 unspecified atom stereocenters. The summed E-state index contributed by atoms with van der Waals surface area (Å²) >= 11 is 0. The van der Waals surface area contributed by atoms with Crippen LogP contribution in [-0.4, -0.2) is 22.4 Å². The topological polar surface area (TPSA) is 94.4 Å². The molecule has 6 heteroatoms. The van der Waals surface area contributed by atoms with Gasteiger partial charge >= 0.3 is 0 Å². The van der Waals surface area contributed by atoms with Crippen LogP contribution in [-0.2, 0) is 16.8 Å². The van der Waals surface area contributed by atoms with Gasteiger partial charge in [-0.15, -0.1) is 0 Å². The molecule has 2 rings (SSSR count). The molecule has 2 aromatic rings. The summed E-state index contributed by atoms with van der Waals surface area (Å²) in [7, 11) is 1.59. The van der Waals surface area contributed by atoms with Gasteiger partial charge in [0.1, 0.15) is 11.4 Å². The number of nitrogens with two attached hydrogens (primary N) is 1. The molecule has 0 saturated carbocycles. The molecule has 0 aliphatic carbocycles. The van der Waals surface area contributed by atoms with Crippen LogP contribution in [0.2, 0.25) is 0 Å². The molecule has 108 valence electrons. The first kappa shape index (κ1) is 14.5. The quantitative estimate of drug-likeness (QED) is 0.866. The highest BCUT2D eigenvalue weighted by Crippen LogP contribution is 2.23. The number of aromatic hydroxyl groups is 1. The molecule has 1 aromatic carbocycles. The SMILES string of the molecule is COC(C)(C)c1noc([C@@H](N)Cc2ccc(O)cc2)n1. The fraction of sp³-hybridized carbons (Fsp3) is 0.429. The van der Waals surface area contributed by atoms with Crippen molar-refractivity contribution in [1.82, 2.24) is 10.1 Å². The molecule has 0 aliphatic rings. The number of benzene rings is 1. The predicted molar refractivity (Wildman–Crippen MR) is 73.1 cm³/mol. The van der Waals surface area contributed by atoms with Gasteiger partial charge in [0.15, 0.2) is 0 Å². The normalized spacial score (nSPS) is 13.4. The Balaban J connectivity index is 2.10. The Morgan fingerprint density at radius 3 is 2.60 bits per heavy atom. The van der Waals surface area contributed by atoms with Crippen LogP contribution in [0.3, 0.4) is 0 Å². The van der Waals surface area contributed by atoms with E-state index >= 15 is 0 Å². The van der Waals surface area contributed by atoms with Gasteiger partial charge in [-0.2, -0.15) is 4.98 Å². The highest BCUT2D eigenvalue weighted by Gasteiger charge is 2.27. The molecule has 0 amide bonds. The first-order valence-electron chi connectivity index (χ1n) is 6.35. The second kappa shape index (κ2) is 5.60. The Kier molecular flexibility index (Phi) is 4.06. The maximum absolute atomic E-state index is 9.24. The van der Waals surface area contributed by atoms with Crippen molar-refractivity contribution in [3.05, 3.63) is 41.5 Å². The third kappa shape index (κ3) is 3.15. The summed E-state index contributed by atoms with van der Waals surface area (Å²) in [6, 6.07) is 6.47. The zero-order valence-corrected chi connectivity index (χ0v) is 11.8. The van der Waals surface area contributed by atoms with Crippen molar-refractivity contribution in [2.24, 2.45) is 5.73 Å². The summed E-state index contributed by atoms with van der Waals surface area (Å²) in [4.78, 5) is 4.29. The minimum Gasteiger partial charge on any atom is -0.508 e. The van der Waals surface area contributed by atoms with E-state index in [-0.39, 0.29) is 5.75 Å². The molecule has 0 radical (unpaired) electrons. The Labute approximate surface area is 117 Å². The van der Waals surface area contributed by atoms with Gasteiger partial charge in [-0.05, 0) is 38.0 Å². The van der Waals surface area contributed by atoms with E-state index in [9.17, 15) is 5.11 Å². The molecule has 3 N–H and O–H groups in total. The highest BCUT2D eigenvalue weighted by molar-refractivity contribution is 5.26. The molecule has 0 fully saturated rings. The van der Waals surface area contributed by atoms with E-state index in [1.165, 1.54) is 0 Å². The van der Waals surface area contributed by atoms with Crippen LogP contribution in [0.5, 0.6) is 5.75 Å². The molecule has 1 aromatic heterocycles. The average Bonchev–Trinajstić information content (AvgIpc) is 2.92. The summed E-state index contributed by atoms with van der Waals surface area (Å²) in [5.74, 6) is 1.07. The molecule has 0 spiro atoms. The molecule has 20 heavy (non-hydrogen) atoms. The van der Waals surface area contributed by atoms with Crippen LogP contribution in [0.4, 0.5) is 0 Å². The van der Waals surface area contributed by atoms with Crippen LogP contribution in [0.15, 0.2) is 28.8 Å². The van der Waals surface area contributed by atoms with E-state index in [2.05, 4.69) is 10.1 Å². The minimum atomic E-state index is -0.611. The van der Waals surface area contributed by atoms with Crippen LogP contribution >= 0.6 is 0 Å². The number of nitrogens with zero attached hydrogens (tertiary/aromatic N) is 2. The summed E-state index contributed by atoms with van der Waals surface area (Å²) in [5, 5.41) is 13.1.